The van der Waals surface area contributed by atoms with E-state index >= 15 is 0 Å². The predicted molar refractivity (Wildman–Crippen MR) is 84.5 cm³/mol. The Labute approximate surface area is 139 Å². The zero-order valence-electron chi connectivity index (χ0n) is 13.0. The standard InChI is InChI=1S/C16H17FN2O4S/c1-18-10-13(8-15(18)16(20)21)24(22,23)19(12-6-7-12)9-11-4-2-3-5-14(11)17/h2-5,8,10,12H,6-7,9H2,1H3,(H,20,21). The molecule has 0 amide bonds. The van der Waals surface area contributed by atoms with Crippen molar-refractivity contribution in [3.8, 4) is 0 Å². The Morgan fingerprint density at radius 1 is 1.38 bits per heavy atom. The predicted octanol–water partition coefficient (Wildman–Crippen LogP) is 2.22. The van der Waals surface area contributed by atoms with Crippen LogP contribution in [0, 0.1) is 5.82 Å². The Balaban J connectivity index is 1.97. The number of aromatic nitrogens is 1. The zero-order valence-corrected chi connectivity index (χ0v) is 13.8. The fourth-order valence-corrected chi connectivity index (χ4v) is 4.33. The number of carboxylic acid groups (broad SMARTS) is 1. The van der Waals surface area contributed by atoms with Crippen LogP contribution in [0.2, 0.25) is 0 Å². The van der Waals surface area contributed by atoms with E-state index < -0.39 is 21.8 Å². The first-order valence-electron chi connectivity index (χ1n) is 7.45. The van der Waals surface area contributed by atoms with Crippen LogP contribution in [0.15, 0.2) is 41.4 Å². The molecule has 0 saturated heterocycles. The maximum Gasteiger partial charge on any atom is 0.352 e. The minimum atomic E-state index is -3.91. The summed E-state index contributed by atoms with van der Waals surface area (Å²) >= 11 is 0. The third kappa shape index (κ3) is 3.07. The topological polar surface area (TPSA) is 79.6 Å². The van der Waals surface area contributed by atoms with Crippen molar-refractivity contribution in [1.29, 1.82) is 0 Å². The van der Waals surface area contributed by atoms with Crippen molar-refractivity contribution in [3.63, 3.8) is 0 Å². The summed E-state index contributed by atoms with van der Waals surface area (Å²) in [6.07, 6.45) is 2.70. The van der Waals surface area contributed by atoms with Gasteiger partial charge in [0.1, 0.15) is 16.4 Å². The fourth-order valence-electron chi connectivity index (χ4n) is 2.59. The molecule has 1 aliphatic rings. The summed E-state index contributed by atoms with van der Waals surface area (Å²) in [7, 11) is -2.43. The van der Waals surface area contributed by atoms with Gasteiger partial charge in [-0.05, 0) is 25.0 Å². The van der Waals surface area contributed by atoms with Gasteiger partial charge in [0, 0.05) is 31.4 Å². The van der Waals surface area contributed by atoms with Gasteiger partial charge in [-0.25, -0.2) is 17.6 Å². The average Bonchev–Trinajstić information content (AvgIpc) is 3.26. The number of sulfonamides is 1. The molecule has 0 radical (unpaired) electrons. The minimum Gasteiger partial charge on any atom is -0.477 e. The van der Waals surface area contributed by atoms with Crippen LogP contribution in [0.3, 0.4) is 0 Å². The second-order valence-electron chi connectivity index (χ2n) is 5.85. The second-order valence-corrected chi connectivity index (χ2v) is 7.74. The molecule has 1 aromatic carbocycles. The number of carboxylic acids is 1. The molecule has 1 fully saturated rings. The summed E-state index contributed by atoms with van der Waals surface area (Å²) in [6.45, 7) is -0.0724. The molecule has 1 heterocycles. The van der Waals surface area contributed by atoms with Crippen LogP contribution < -0.4 is 0 Å². The van der Waals surface area contributed by atoms with Gasteiger partial charge in [-0.2, -0.15) is 4.31 Å². The number of carbonyl (C=O) groups is 1. The van der Waals surface area contributed by atoms with Crippen molar-refractivity contribution in [1.82, 2.24) is 8.87 Å². The van der Waals surface area contributed by atoms with Gasteiger partial charge in [0.2, 0.25) is 10.0 Å². The van der Waals surface area contributed by atoms with Crippen LogP contribution >= 0.6 is 0 Å². The van der Waals surface area contributed by atoms with Gasteiger partial charge in [0.15, 0.2) is 0 Å². The highest BCUT2D eigenvalue weighted by atomic mass is 32.2. The Kier molecular flexibility index (Phi) is 4.18. The molecule has 1 saturated carbocycles. The third-order valence-electron chi connectivity index (χ3n) is 4.04. The summed E-state index contributed by atoms with van der Waals surface area (Å²) in [5.74, 6) is -1.66. The van der Waals surface area contributed by atoms with Crippen LogP contribution in [-0.4, -0.2) is 34.4 Å². The van der Waals surface area contributed by atoms with Crippen molar-refractivity contribution in [3.05, 3.63) is 53.6 Å². The number of nitrogens with zero attached hydrogens (tertiary/aromatic N) is 2. The molecular formula is C16H17FN2O4S. The van der Waals surface area contributed by atoms with Crippen molar-refractivity contribution >= 4 is 16.0 Å². The average molecular weight is 352 g/mol. The van der Waals surface area contributed by atoms with E-state index in [0.717, 1.165) is 6.07 Å². The highest BCUT2D eigenvalue weighted by Gasteiger charge is 2.39. The van der Waals surface area contributed by atoms with E-state index in [4.69, 9.17) is 5.11 Å². The highest BCUT2D eigenvalue weighted by molar-refractivity contribution is 7.89. The van der Waals surface area contributed by atoms with Crippen LogP contribution in [0.1, 0.15) is 28.9 Å². The SMILES string of the molecule is Cn1cc(S(=O)(=O)N(Cc2ccccc2F)C2CC2)cc1C(=O)O. The van der Waals surface area contributed by atoms with Gasteiger partial charge in [0.05, 0.1) is 0 Å². The van der Waals surface area contributed by atoms with E-state index in [1.54, 1.807) is 18.2 Å². The van der Waals surface area contributed by atoms with Gasteiger partial charge in [-0.3, -0.25) is 0 Å². The van der Waals surface area contributed by atoms with E-state index in [1.165, 1.54) is 28.2 Å². The van der Waals surface area contributed by atoms with Gasteiger partial charge in [-0.15, -0.1) is 0 Å². The normalized spacial score (nSPS) is 15.0. The lowest BCUT2D eigenvalue weighted by Crippen LogP contribution is -2.32. The number of rotatable bonds is 6. The molecule has 1 N–H and O–H groups in total. The smallest absolute Gasteiger partial charge is 0.352 e. The van der Waals surface area contributed by atoms with E-state index in [2.05, 4.69) is 0 Å². The number of hydrogen-bond donors (Lipinski definition) is 1. The molecule has 8 heteroatoms. The monoisotopic (exact) mass is 352 g/mol. The van der Waals surface area contributed by atoms with Crippen LogP contribution in [0.4, 0.5) is 4.39 Å². The van der Waals surface area contributed by atoms with Crippen LogP contribution in [0.5, 0.6) is 0 Å². The maximum absolute atomic E-state index is 13.9. The van der Waals surface area contributed by atoms with E-state index in [-0.39, 0.29) is 23.2 Å². The lowest BCUT2D eigenvalue weighted by Gasteiger charge is -2.21. The number of halogens is 1. The molecule has 0 unspecified atom stereocenters. The summed E-state index contributed by atoms with van der Waals surface area (Å²) in [6, 6.07) is 7.00. The van der Waals surface area contributed by atoms with Gasteiger partial charge in [0.25, 0.3) is 0 Å². The molecule has 6 nitrogen and oxygen atoms in total. The summed E-state index contributed by atoms with van der Waals surface area (Å²) in [5, 5.41) is 9.10. The first-order chi connectivity index (χ1) is 11.3. The molecule has 1 aromatic heterocycles. The molecule has 0 spiro atoms. The van der Waals surface area contributed by atoms with E-state index in [1.807, 2.05) is 0 Å². The Hall–Kier alpha value is -2.19. The quantitative estimate of drug-likeness (QED) is 0.864. The fraction of sp³-hybridized carbons (Fsp3) is 0.312. The summed E-state index contributed by atoms with van der Waals surface area (Å²) < 4.78 is 42.2. The third-order valence-corrected chi connectivity index (χ3v) is 5.91. The van der Waals surface area contributed by atoms with E-state index in [0.29, 0.717) is 18.4 Å². The molecule has 0 atom stereocenters. The summed E-state index contributed by atoms with van der Waals surface area (Å²) in [4.78, 5) is 11.0. The molecule has 0 bridgehead atoms. The Morgan fingerprint density at radius 3 is 2.58 bits per heavy atom. The number of benzene rings is 1. The lowest BCUT2D eigenvalue weighted by molar-refractivity contribution is 0.0686. The zero-order chi connectivity index (χ0) is 17.5. The first-order valence-corrected chi connectivity index (χ1v) is 8.89. The lowest BCUT2D eigenvalue weighted by atomic mass is 10.2. The maximum atomic E-state index is 13.9. The van der Waals surface area contributed by atoms with Gasteiger partial charge in [-0.1, -0.05) is 18.2 Å². The number of hydrogen-bond acceptors (Lipinski definition) is 3. The van der Waals surface area contributed by atoms with Gasteiger partial charge >= 0.3 is 5.97 Å². The van der Waals surface area contributed by atoms with Crippen molar-refractivity contribution in [2.45, 2.75) is 30.3 Å². The number of aryl methyl sites for hydroxylation is 1. The van der Waals surface area contributed by atoms with Crippen LogP contribution in [0.25, 0.3) is 0 Å². The van der Waals surface area contributed by atoms with Crippen molar-refractivity contribution in [2.24, 2.45) is 7.05 Å². The van der Waals surface area contributed by atoms with Crippen molar-refractivity contribution in [2.75, 3.05) is 0 Å². The molecule has 24 heavy (non-hydrogen) atoms. The largest absolute Gasteiger partial charge is 0.477 e. The second kappa shape index (κ2) is 6.03. The van der Waals surface area contributed by atoms with Crippen LogP contribution in [-0.2, 0) is 23.6 Å². The van der Waals surface area contributed by atoms with Crippen molar-refractivity contribution < 1.29 is 22.7 Å². The first kappa shape index (κ1) is 16.7. The molecular weight excluding hydrogens is 335 g/mol. The number of aromatic carboxylic acids is 1. The molecule has 3 rings (SSSR count). The van der Waals surface area contributed by atoms with Gasteiger partial charge < -0.3 is 9.67 Å². The Morgan fingerprint density at radius 2 is 2.04 bits per heavy atom. The minimum absolute atomic E-state index is 0.0724. The molecule has 1 aliphatic carbocycles. The molecule has 0 aliphatic heterocycles. The Bertz CT molecular complexity index is 887. The summed E-state index contributed by atoms with van der Waals surface area (Å²) in [5.41, 5.74) is 0.178. The highest BCUT2D eigenvalue weighted by Crippen LogP contribution is 2.34. The molecule has 2 aromatic rings. The van der Waals surface area contributed by atoms with E-state index in [9.17, 15) is 17.6 Å². The molecule has 128 valence electrons.